The lowest BCUT2D eigenvalue weighted by atomic mass is 10.1. The van der Waals surface area contributed by atoms with Crippen LogP contribution in [0.1, 0.15) is 12.0 Å². The second kappa shape index (κ2) is 7.47. The molecule has 122 valence electrons. The molecule has 2 aromatic rings. The van der Waals surface area contributed by atoms with Gasteiger partial charge in [-0.1, -0.05) is 36.4 Å². The van der Waals surface area contributed by atoms with Crippen LogP contribution in [0.3, 0.4) is 0 Å². The summed E-state index contributed by atoms with van der Waals surface area (Å²) < 4.78 is 5.45. The van der Waals surface area contributed by atoms with Gasteiger partial charge in [0.15, 0.2) is 5.96 Å². The molecule has 0 radical (unpaired) electrons. The highest BCUT2D eigenvalue weighted by atomic mass is 16.5. The van der Waals surface area contributed by atoms with E-state index in [1.807, 2.05) is 7.05 Å². The Morgan fingerprint density at radius 1 is 1.26 bits per heavy atom. The van der Waals surface area contributed by atoms with Gasteiger partial charge in [-0.3, -0.25) is 4.99 Å². The fourth-order valence-electron chi connectivity index (χ4n) is 3.12. The first-order valence-electron chi connectivity index (χ1n) is 8.23. The van der Waals surface area contributed by atoms with E-state index in [0.29, 0.717) is 5.92 Å². The zero-order valence-electron chi connectivity index (χ0n) is 14.0. The number of guanidine groups is 1. The zero-order valence-corrected chi connectivity index (χ0v) is 14.0. The second-order valence-electron chi connectivity index (χ2n) is 6.19. The number of rotatable bonds is 4. The molecular formula is C19H25N3O. The van der Waals surface area contributed by atoms with Crippen molar-refractivity contribution in [1.82, 2.24) is 10.2 Å². The van der Waals surface area contributed by atoms with Crippen molar-refractivity contribution >= 4 is 16.7 Å². The number of hydrogen-bond donors (Lipinski definition) is 1. The molecule has 1 N–H and O–H groups in total. The quantitative estimate of drug-likeness (QED) is 0.697. The fraction of sp³-hybridized carbons (Fsp3) is 0.421. The molecular weight excluding hydrogens is 286 g/mol. The van der Waals surface area contributed by atoms with Gasteiger partial charge >= 0.3 is 0 Å². The molecule has 1 atom stereocenters. The molecule has 0 saturated carbocycles. The topological polar surface area (TPSA) is 36.9 Å². The highest BCUT2D eigenvalue weighted by Gasteiger charge is 2.18. The highest BCUT2D eigenvalue weighted by molar-refractivity contribution is 5.83. The molecule has 0 aromatic heterocycles. The second-order valence-corrected chi connectivity index (χ2v) is 6.19. The standard InChI is InChI=1S/C19H25N3O/c1-20-19(22(2)13-16-9-10-23-14-16)21-12-15-7-8-17-5-3-4-6-18(17)11-15/h3-8,11,16H,9-10,12-14H2,1-2H3,(H,20,21). The van der Waals surface area contributed by atoms with Gasteiger partial charge in [0.1, 0.15) is 0 Å². The van der Waals surface area contributed by atoms with Gasteiger partial charge in [-0.15, -0.1) is 0 Å². The summed E-state index contributed by atoms with van der Waals surface area (Å²) in [5.41, 5.74) is 1.27. The molecule has 2 aromatic carbocycles. The normalized spacial score (nSPS) is 18.3. The Kier molecular flexibility index (Phi) is 5.13. The molecule has 3 rings (SSSR count). The van der Waals surface area contributed by atoms with Gasteiger partial charge in [0, 0.05) is 39.7 Å². The molecule has 1 saturated heterocycles. The first-order chi connectivity index (χ1) is 11.3. The molecule has 0 aliphatic carbocycles. The van der Waals surface area contributed by atoms with Crippen LogP contribution in [0.2, 0.25) is 0 Å². The third-order valence-corrected chi connectivity index (χ3v) is 4.39. The smallest absolute Gasteiger partial charge is 0.193 e. The third-order valence-electron chi connectivity index (χ3n) is 4.39. The van der Waals surface area contributed by atoms with E-state index < -0.39 is 0 Å². The molecule has 1 heterocycles. The van der Waals surface area contributed by atoms with Gasteiger partial charge in [-0.2, -0.15) is 0 Å². The third kappa shape index (κ3) is 4.02. The first kappa shape index (κ1) is 15.8. The van der Waals surface area contributed by atoms with Crippen LogP contribution < -0.4 is 5.32 Å². The number of fused-ring (bicyclic) bond motifs is 1. The largest absolute Gasteiger partial charge is 0.381 e. The SMILES string of the molecule is CN=C(NCc1ccc2ccccc2c1)N(C)CC1CCOC1. The Morgan fingerprint density at radius 3 is 2.83 bits per heavy atom. The Hall–Kier alpha value is -2.07. The Balaban J connectivity index is 1.60. The monoisotopic (exact) mass is 311 g/mol. The summed E-state index contributed by atoms with van der Waals surface area (Å²) in [7, 11) is 3.93. The first-order valence-corrected chi connectivity index (χ1v) is 8.23. The van der Waals surface area contributed by atoms with E-state index >= 15 is 0 Å². The fourth-order valence-corrected chi connectivity index (χ4v) is 3.12. The molecule has 1 aliphatic heterocycles. The molecule has 1 fully saturated rings. The van der Waals surface area contributed by atoms with Crippen LogP contribution in [0.4, 0.5) is 0 Å². The number of hydrogen-bond acceptors (Lipinski definition) is 2. The maximum atomic E-state index is 5.45. The number of benzene rings is 2. The summed E-state index contributed by atoms with van der Waals surface area (Å²) in [6, 6.07) is 15.0. The average molecular weight is 311 g/mol. The Morgan fingerprint density at radius 2 is 2.09 bits per heavy atom. The maximum absolute atomic E-state index is 5.45. The molecule has 0 amide bonds. The van der Waals surface area contributed by atoms with Crippen molar-refractivity contribution in [3.05, 3.63) is 48.0 Å². The maximum Gasteiger partial charge on any atom is 0.193 e. The van der Waals surface area contributed by atoms with Crippen molar-refractivity contribution in [2.24, 2.45) is 10.9 Å². The van der Waals surface area contributed by atoms with Crippen LogP contribution in [0.25, 0.3) is 10.8 Å². The Labute approximate surface area is 138 Å². The van der Waals surface area contributed by atoms with Crippen molar-refractivity contribution in [3.8, 4) is 0 Å². The number of nitrogens with zero attached hydrogens (tertiary/aromatic N) is 2. The molecule has 4 heteroatoms. The minimum absolute atomic E-state index is 0.610. The minimum atomic E-state index is 0.610. The average Bonchev–Trinajstić information content (AvgIpc) is 3.08. The lowest BCUT2D eigenvalue weighted by Gasteiger charge is -2.24. The zero-order chi connectivity index (χ0) is 16.1. The van der Waals surface area contributed by atoms with E-state index in [4.69, 9.17) is 4.74 Å². The highest BCUT2D eigenvalue weighted by Crippen LogP contribution is 2.16. The summed E-state index contributed by atoms with van der Waals surface area (Å²) in [5.74, 6) is 1.55. The summed E-state index contributed by atoms with van der Waals surface area (Å²) in [6.07, 6.45) is 1.14. The summed E-state index contributed by atoms with van der Waals surface area (Å²) in [5, 5.41) is 6.01. The van der Waals surface area contributed by atoms with E-state index in [9.17, 15) is 0 Å². The number of aliphatic imine (C=N–C) groups is 1. The van der Waals surface area contributed by atoms with Gasteiger partial charge in [0.05, 0.1) is 6.61 Å². The number of ether oxygens (including phenoxy) is 1. The van der Waals surface area contributed by atoms with Gasteiger partial charge < -0.3 is 15.0 Å². The van der Waals surface area contributed by atoms with Gasteiger partial charge in [0.2, 0.25) is 0 Å². The van der Waals surface area contributed by atoms with E-state index in [1.165, 1.54) is 16.3 Å². The lowest BCUT2D eigenvalue weighted by Crippen LogP contribution is -2.41. The predicted molar refractivity (Wildman–Crippen MR) is 95.7 cm³/mol. The van der Waals surface area contributed by atoms with E-state index in [-0.39, 0.29) is 0 Å². The van der Waals surface area contributed by atoms with E-state index in [0.717, 1.165) is 38.7 Å². The molecule has 1 unspecified atom stereocenters. The van der Waals surface area contributed by atoms with E-state index in [1.54, 1.807) is 0 Å². The van der Waals surface area contributed by atoms with Gasteiger partial charge in [-0.25, -0.2) is 0 Å². The molecule has 0 bridgehead atoms. The summed E-state index contributed by atoms with van der Waals surface area (Å²) >= 11 is 0. The van der Waals surface area contributed by atoms with E-state index in [2.05, 4.69) is 64.7 Å². The molecule has 1 aliphatic rings. The van der Waals surface area contributed by atoms with Gasteiger partial charge in [-0.05, 0) is 28.8 Å². The van der Waals surface area contributed by atoms with Crippen molar-refractivity contribution in [3.63, 3.8) is 0 Å². The molecule has 23 heavy (non-hydrogen) atoms. The van der Waals surface area contributed by atoms with Crippen LogP contribution in [-0.4, -0.2) is 44.7 Å². The van der Waals surface area contributed by atoms with Crippen LogP contribution in [-0.2, 0) is 11.3 Å². The van der Waals surface area contributed by atoms with Crippen LogP contribution in [0, 0.1) is 5.92 Å². The molecule has 4 nitrogen and oxygen atoms in total. The van der Waals surface area contributed by atoms with Crippen molar-refractivity contribution in [2.75, 3.05) is 33.9 Å². The van der Waals surface area contributed by atoms with Crippen LogP contribution in [0.15, 0.2) is 47.5 Å². The minimum Gasteiger partial charge on any atom is -0.381 e. The summed E-state index contributed by atoms with van der Waals surface area (Å²) in [4.78, 5) is 6.59. The van der Waals surface area contributed by atoms with Gasteiger partial charge in [0.25, 0.3) is 0 Å². The number of nitrogens with one attached hydrogen (secondary N) is 1. The lowest BCUT2D eigenvalue weighted by molar-refractivity contribution is 0.181. The molecule has 0 spiro atoms. The van der Waals surface area contributed by atoms with Crippen LogP contribution >= 0.6 is 0 Å². The van der Waals surface area contributed by atoms with Crippen molar-refractivity contribution in [2.45, 2.75) is 13.0 Å². The Bertz CT molecular complexity index is 677. The van der Waals surface area contributed by atoms with Crippen molar-refractivity contribution in [1.29, 1.82) is 0 Å². The summed E-state index contributed by atoms with van der Waals surface area (Å²) in [6.45, 7) is 3.52. The predicted octanol–water partition coefficient (Wildman–Crippen LogP) is 2.88. The van der Waals surface area contributed by atoms with Crippen molar-refractivity contribution < 1.29 is 4.74 Å². The van der Waals surface area contributed by atoms with Crippen LogP contribution in [0.5, 0.6) is 0 Å².